The second-order valence-corrected chi connectivity index (χ2v) is 39.3. The number of cyclic esters (lactones) is 1. The molecule has 402 valence electrons. The van der Waals surface area contributed by atoms with E-state index in [-0.39, 0.29) is 52.7 Å². The average molecular weight is 1040 g/mol. The van der Waals surface area contributed by atoms with Crippen molar-refractivity contribution in [3.63, 3.8) is 0 Å². The molecule has 2 aromatic rings. The Hall–Kier alpha value is -2.86. The maximum absolute atomic E-state index is 12.4. The fraction of sp³-hybridized carbons (Fsp3) is 0.661. The molecule has 10 heteroatoms. The third-order valence-corrected chi connectivity index (χ3v) is 26.4. The molecule has 2 aliphatic rings. The molecule has 0 aromatic heterocycles. The highest BCUT2D eigenvalue weighted by molar-refractivity contribution is 6.99. The molecule has 2 aliphatic heterocycles. The summed E-state index contributed by atoms with van der Waals surface area (Å²) in [5, 5.41) is 13.4. The Labute approximate surface area is 443 Å². The predicted molar refractivity (Wildman–Crippen MR) is 311 cm³/mol. The van der Waals surface area contributed by atoms with Crippen LogP contribution >= 0.6 is 0 Å². The van der Waals surface area contributed by atoms with Crippen LogP contribution < -0.4 is 10.4 Å². The number of esters is 1. The van der Waals surface area contributed by atoms with Crippen LogP contribution in [0.3, 0.4) is 0 Å². The van der Waals surface area contributed by atoms with Crippen LogP contribution in [0.2, 0.25) is 48.9 Å². The van der Waals surface area contributed by atoms with Gasteiger partial charge in [-0.2, -0.15) is 0 Å². The fourth-order valence-corrected chi connectivity index (χ4v) is 16.5. The molecule has 2 aromatic carbocycles. The first-order valence-corrected chi connectivity index (χ1v) is 36.7. The number of carbonyl (C=O) groups excluding carboxylic acids is 1. The summed E-state index contributed by atoms with van der Waals surface area (Å²) in [5.41, 5.74) is 0.733. The van der Waals surface area contributed by atoms with Crippen molar-refractivity contribution in [3.05, 3.63) is 96.6 Å². The Bertz CT molecular complexity index is 1980. The summed E-state index contributed by atoms with van der Waals surface area (Å²) in [7, 11) is -6.34. The summed E-state index contributed by atoms with van der Waals surface area (Å²) in [5.74, 6) is 6.10. The van der Waals surface area contributed by atoms with Crippen molar-refractivity contribution in [1.29, 1.82) is 0 Å². The van der Waals surface area contributed by atoms with E-state index in [9.17, 15) is 9.90 Å². The number of rotatable bonds is 30. The lowest BCUT2D eigenvalue weighted by Gasteiger charge is -2.49. The van der Waals surface area contributed by atoms with Gasteiger partial charge in [0.05, 0.1) is 30.5 Å². The number of aliphatic hydroxyl groups is 1. The molecule has 0 unspecified atom stereocenters. The van der Waals surface area contributed by atoms with Crippen LogP contribution in [0.1, 0.15) is 165 Å². The van der Waals surface area contributed by atoms with Crippen LogP contribution in [0, 0.1) is 11.8 Å². The molecule has 72 heavy (non-hydrogen) atoms. The number of hydrogen-bond donors (Lipinski definition) is 1. The monoisotopic (exact) mass is 1040 g/mol. The molecule has 0 aliphatic carbocycles. The van der Waals surface area contributed by atoms with Crippen LogP contribution in [-0.4, -0.2) is 85.1 Å². The average Bonchev–Trinajstić information content (AvgIpc) is 3.64. The number of benzene rings is 2. The van der Waals surface area contributed by atoms with E-state index in [4.69, 9.17) is 23.1 Å². The number of hydrogen-bond acceptors (Lipinski definition) is 7. The number of unbranched alkanes of at least 4 members (excludes halogenated alkanes) is 9. The zero-order valence-electron chi connectivity index (χ0n) is 47.5. The summed E-state index contributed by atoms with van der Waals surface area (Å²) in [6.45, 7) is 30.5. The first-order chi connectivity index (χ1) is 34.1. The highest BCUT2D eigenvalue weighted by Crippen LogP contribution is 2.42. The van der Waals surface area contributed by atoms with Crippen molar-refractivity contribution in [2.45, 2.75) is 256 Å². The second-order valence-electron chi connectivity index (χ2n) is 24.7. The zero-order chi connectivity index (χ0) is 52.8. The van der Waals surface area contributed by atoms with E-state index in [1.54, 1.807) is 0 Å². The molecule has 2 heterocycles. The van der Waals surface area contributed by atoms with Gasteiger partial charge in [0.25, 0.3) is 8.32 Å². The van der Waals surface area contributed by atoms with Crippen LogP contribution in [-0.2, 0) is 27.9 Å². The van der Waals surface area contributed by atoms with E-state index in [1.807, 2.05) is 19.1 Å². The van der Waals surface area contributed by atoms with Gasteiger partial charge in [-0.1, -0.05) is 204 Å². The zero-order valence-corrected chi connectivity index (χ0v) is 50.5. The SMILES string of the molecule is CCCCCCCCC/C=C\C[C@H]1O[C@@H]([C@@H](/C=C/C#C[C@H](O)CCCCC[C@H](CC2=C[C@H](C)OC2=O)OCC[Si](C)(C)C)O[Si](C)(C)C(C)(C)C)CC[C@H]1O[Si](c1ccccc1)(c1ccccc1)C(C)(C)C. The Morgan fingerprint density at radius 1 is 0.792 bits per heavy atom. The van der Waals surface area contributed by atoms with Crippen LogP contribution in [0.5, 0.6) is 0 Å². The lowest BCUT2D eigenvalue weighted by molar-refractivity contribution is -0.139. The Morgan fingerprint density at radius 3 is 1.99 bits per heavy atom. The molecular formula is C62H100O7Si3. The van der Waals surface area contributed by atoms with Gasteiger partial charge >= 0.3 is 5.97 Å². The summed E-state index contributed by atoms with van der Waals surface area (Å²) in [6.07, 6.45) is 26.5. The maximum atomic E-state index is 12.4. The molecular weight excluding hydrogens is 941 g/mol. The highest BCUT2D eigenvalue weighted by Gasteiger charge is 2.53. The molecule has 1 fully saturated rings. The molecule has 4 rings (SSSR count). The number of allylic oxidation sites excluding steroid dienone is 2. The quantitative estimate of drug-likeness (QED) is 0.0274. The summed E-state index contributed by atoms with van der Waals surface area (Å²) >= 11 is 0. The molecule has 7 nitrogen and oxygen atoms in total. The molecule has 0 bridgehead atoms. The molecule has 0 amide bonds. The Morgan fingerprint density at radius 2 is 1.40 bits per heavy atom. The third-order valence-electron chi connectivity index (χ3n) is 15.1. The van der Waals surface area contributed by atoms with Gasteiger partial charge in [0, 0.05) is 26.7 Å². The van der Waals surface area contributed by atoms with Gasteiger partial charge in [-0.05, 0) is 116 Å². The summed E-state index contributed by atoms with van der Waals surface area (Å²) in [4.78, 5) is 12.4. The van der Waals surface area contributed by atoms with Crippen molar-refractivity contribution in [1.82, 2.24) is 0 Å². The van der Waals surface area contributed by atoms with E-state index < -0.39 is 30.8 Å². The molecule has 7 atom stereocenters. The standard InChI is InChI=1S/C62H100O7Si3/c1-14-15-16-17-18-19-20-21-22-32-42-56-59(69-72(62(6,7)8,54-38-28-24-29-39-54)55-40-30-25-31-41-55)45-44-57(67-56)58(68-71(12,13)61(3,4)5)43-34-33-36-52(63)35-26-23-27-37-53(65-46-47-70(9,10)11)49-51-48-50(2)66-60(51)64/h22,24-25,28-32,34,38-41,43,48,50,52-53,56-59,63H,14-21,23,26-27,35,37,42,44-47,49H2,1-13H3/b32-22-,43-34+/t50-,52+,53+,56+,57+,58+,59+/m0/s1. The van der Waals surface area contributed by atoms with Crippen molar-refractivity contribution >= 4 is 41.1 Å². The van der Waals surface area contributed by atoms with E-state index in [0.29, 0.717) is 12.8 Å². The number of aliphatic hydroxyl groups excluding tert-OH is 1. The normalized spacial score (nSPS) is 20.6. The van der Waals surface area contributed by atoms with Crippen LogP contribution in [0.25, 0.3) is 0 Å². The van der Waals surface area contributed by atoms with E-state index >= 15 is 0 Å². The maximum Gasteiger partial charge on any atom is 0.334 e. The molecule has 1 N–H and O–H groups in total. The van der Waals surface area contributed by atoms with Crippen molar-refractivity contribution in [3.8, 4) is 11.8 Å². The molecule has 0 radical (unpaired) electrons. The van der Waals surface area contributed by atoms with Crippen molar-refractivity contribution in [2.75, 3.05) is 6.61 Å². The summed E-state index contributed by atoms with van der Waals surface area (Å²) < 4.78 is 34.2. The van der Waals surface area contributed by atoms with Gasteiger partial charge < -0.3 is 28.2 Å². The number of carbonyl (C=O) groups is 1. The van der Waals surface area contributed by atoms with Gasteiger partial charge in [0.15, 0.2) is 8.32 Å². The molecule has 0 spiro atoms. The van der Waals surface area contributed by atoms with Crippen molar-refractivity contribution < 1.29 is 33.0 Å². The van der Waals surface area contributed by atoms with E-state index in [2.05, 4.69) is 172 Å². The first-order valence-electron chi connectivity index (χ1n) is 28.2. The lowest BCUT2D eigenvalue weighted by atomic mass is 9.95. The smallest absolute Gasteiger partial charge is 0.334 e. The minimum absolute atomic E-state index is 0.00101. The predicted octanol–water partition coefficient (Wildman–Crippen LogP) is 14.8. The first kappa shape index (κ1) is 61.7. The molecule has 1 saturated heterocycles. The lowest BCUT2D eigenvalue weighted by Crippen LogP contribution is -2.69. The number of ether oxygens (including phenoxy) is 3. The van der Waals surface area contributed by atoms with Gasteiger partial charge in [-0.25, -0.2) is 4.79 Å². The molecule has 0 saturated carbocycles. The van der Waals surface area contributed by atoms with Gasteiger partial charge in [-0.15, -0.1) is 0 Å². The van der Waals surface area contributed by atoms with Gasteiger partial charge in [-0.3, -0.25) is 0 Å². The van der Waals surface area contributed by atoms with Gasteiger partial charge in [0.2, 0.25) is 0 Å². The van der Waals surface area contributed by atoms with Crippen LogP contribution in [0.4, 0.5) is 0 Å². The Kier molecular flexibility index (Phi) is 25.7. The topological polar surface area (TPSA) is 83.5 Å². The van der Waals surface area contributed by atoms with E-state index in [0.717, 1.165) is 69.6 Å². The fourth-order valence-electron chi connectivity index (χ4n) is 9.77. The summed E-state index contributed by atoms with van der Waals surface area (Å²) in [6, 6.07) is 23.0. The Balaban J connectivity index is 1.50. The van der Waals surface area contributed by atoms with Crippen molar-refractivity contribution in [2.24, 2.45) is 0 Å². The second kappa shape index (κ2) is 30.0. The third kappa shape index (κ3) is 20.3. The van der Waals surface area contributed by atoms with Crippen LogP contribution in [0.15, 0.2) is 96.6 Å². The largest absolute Gasteiger partial charge is 0.455 e. The minimum atomic E-state index is -2.86. The highest BCUT2D eigenvalue weighted by atomic mass is 28.4. The van der Waals surface area contributed by atoms with E-state index in [1.165, 1.54) is 55.3 Å². The van der Waals surface area contributed by atoms with Gasteiger partial charge in [0.1, 0.15) is 12.2 Å². The minimum Gasteiger partial charge on any atom is -0.455 e.